The summed E-state index contributed by atoms with van der Waals surface area (Å²) in [6.45, 7) is 0.158. The lowest BCUT2D eigenvalue weighted by atomic mass is 9.62. The van der Waals surface area contributed by atoms with E-state index >= 15 is 0 Å². The smallest absolute Gasteiger partial charge is 0.230 e. The van der Waals surface area contributed by atoms with Gasteiger partial charge in [0.15, 0.2) is 23.0 Å². The maximum Gasteiger partial charge on any atom is 0.230 e. The van der Waals surface area contributed by atoms with E-state index in [2.05, 4.69) is 11.1 Å². The van der Waals surface area contributed by atoms with Gasteiger partial charge in [-0.2, -0.15) is 0 Å². The lowest BCUT2D eigenvalue weighted by Gasteiger charge is -2.40. The van der Waals surface area contributed by atoms with Crippen LogP contribution in [0.25, 0.3) is 0 Å². The molecule has 1 atom stereocenters. The fourth-order valence-corrected chi connectivity index (χ4v) is 4.18. The maximum atomic E-state index is 10.3. The lowest BCUT2D eigenvalue weighted by Crippen LogP contribution is -2.41. The minimum atomic E-state index is -0.539. The third-order valence-corrected chi connectivity index (χ3v) is 5.08. The van der Waals surface area contributed by atoms with Gasteiger partial charge in [0.25, 0.3) is 0 Å². The molecular formula is C18H11NO4. The second-order valence-electron chi connectivity index (χ2n) is 6.14. The molecule has 112 valence electrons. The number of aliphatic imine (C=N–C) groups is 1. The Labute approximate surface area is 131 Å². The predicted molar refractivity (Wildman–Crippen MR) is 80.9 cm³/mol. The first-order chi connectivity index (χ1) is 11.3. The van der Waals surface area contributed by atoms with E-state index in [4.69, 9.17) is 14.2 Å². The number of benzene rings is 1. The molecule has 0 aromatic heterocycles. The Morgan fingerprint density at radius 1 is 1.26 bits per heavy atom. The molecule has 1 aromatic rings. The van der Waals surface area contributed by atoms with Crippen LogP contribution in [0.5, 0.6) is 11.5 Å². The predicted octanol–water partition coefficient (Wildman–Crippen LogP) is 2.59. The van der Waals surface area contributed by atoms with Crippen LogP contribution in [-0.2, 0) is 21.3 Å². The first-order valence-electron chi connectivity index (χ1n) is 7.49. The molecule has 0 fully saturated rings. The highest BCUT2D eigenvalue weighted by atomic mass is 16.7. The summed E-state index contributed by atoms with van der Waals surface area (Å²) in [5, 5.41) is 10.3. The van der Waals surface area contributed by atoms with Crippen molar-refractivity contribution in [2.24, 2.45) is 4.99 Å². The van der Waals surface area contributed by atoms with Crippen LogP contribution in [0.3, 0.4) is 0 Å². The SMILES string of the molecule is Oc1ccc2c3c1OC1=C4OCOC=C4C=C4C(=NC=CC413)C2. The summed E-state index contributed by atoms with van der Waals surface area (Å²) >= 11 is 0. The molecule has 2 aliphatic carbocycles. The first kappa shape index (κ1) is 11.6. The van der Waals surface area contributed by atoms with Gasteiger partial charge >= 0.3 is 0 Å². The summed E-state index contributed by atoms with van der Waals surface area (Å²) in [5.41, 5.74) is 4.54. The summed E-state index contributed by atoms with van der Waals surface area (Å²) in [6.07, 6.45) is 8.33. The number of allylic oxidation sites excluding steroid dienone is 2. The molecule has 0 saturated carbocycles. The summed E-state index contributed by atoms with van der Waals surface area (Å²) in [4.78, 5) is 4.56. The van der Waals surface area contributed by atoms with E-state index in [0.29, 0.717) is 17.3 Å². The molecule has 6 rings (SSSR count). The Morgan fingerprint density at radius 2 is 2.22 bits per heavy atom. The Morgan fingerprint density at radius 3 is 3.17 bits per heavy atom. The summed E-state index contributed by atoms with van der Waals surface area (Å²) in [5.74, 6) is 2.05. The highest BCUT2D eigenvalue weighted by Gasteiger charge is 2.57. The number of phenolic OH excluding ortho intramolecular Hbond substituents is 1. The Balaban J connectivity index is 1.81. The Bertz CT molecular complexity index is 963. The number of hydrogen-bond acceptors (Lipinski definition) is 5. The van der Waals surface area contributed by atoms with Crippen LogP contribution in [0.4, 0.5) is 0 Å². The van der Waals surface area contributed by atoms with Crippen molar-refractivity contribution in [2.75, 3.05) is 6.79 Å². The van der Waals surface area contributed by atoms with E-state index in [0.717, 1.165) is 34.4 Å². The molecular weight excluding hydrogens is 294 g/mol. The molecule has 1 N–H and O–H groups in total. The zero-order valence-corrected chi connectivity index (χ0v) is 12.0. The molecule has 3 heterocycles. The molecule has 1 unspecified atom stereocenters. The molecule has 5 aliphatic rings. The average Bonchev–Trinajstić information content (AvgIpc) is 2.91. The van der Waals surface area contributed by atoms with E-state index in [1.54, 1.807) is 12.3 Å². The molecule has 3 aliphatic heterocycles. The number of fused-ring (bicyclic) bond motifs is 1. The van der Waals surface area contributed by atoms with Crippen molar-refractivity contribution in [1.29, 1.82) is 0 Å². The van der Waals surface area contributed by atoms with Crippen molar-refractivity contribution >= 4 is 5.71 Å². The highest BCUT2D eigenvalue weighted by molar-refractivity contribution is 6.10. The van der Waals surface area contributed by atoms with Gasteiger partial charge in [-0.3, -0.25) is 4.99 Å². The van der Waals surface area contributed by atoms with Crippen molar-refractivity contribution in [1.82, 2.24) is 0 Å². The largest absolute Gasteiger partial charge is 0.504 e. The number of aromatic hydroxyl groups is 1. The average molecular weight is 305 g/mol. The van der Waals surface area contributed by atoms with Crippen LogP contribution in [0.2, 0.25) is 0 Å². The number of phenols is 1. The Kier molecular flexibility index (Phi) is 1.77. The number of rotatable bonds is 0. The summed E-state index contributed by atoms with van der Waals surface area (Å²) in [6, 6.07) is 3.64. The van der Waals surface area contributed by atoms with E-state index in [-0.39, 0.29) is 12.5 Å². The molecule has 1 spiro atoms. The fraction of sp³-hybridized carbons (Fsp3) is 0.167. The molecule has 0 amide bonds. The normalized spacial score (nSPS) is 27.7. The van der Waals surface area contributed by atoms with E-state index in [9.17, 15) is 5.11 Å². The van der Waals surface area contributed by atoms with Gasteiger partial charge in [0.1, 0.15) is 5.41 Å². The molecule has 5 nitrogen and oxygen atoms in total. The fourth-order valence-electron chi connectivity index (χ4n) is 4.18. The van der Waals surface area contributed by atoms with Gasteiger partial charge in [-0.1, -0.05) is 6.07 Å². The number of nitrogens with zero attached hydrogens (tertiary/aromatic N) is 1. The van der Waals surface area contributed by atoms with E-state index in [1.807, 2.05) is 18.3 Å². The van der Waals surface area contributed by atoms with Gasteiger partial charge in [0.05, 0.1) is 11.8 Å². The van der Waals surface area contributed by atoms with Crippen LogP contribution < -0.4 is 4.74 Å². The highest BCUT2D eigenvalue weighted by Crippen LogP contribution is 2.62. The van der Waals surface area contributed by atoms with Gasteiger partial charge < -0.3 is 19.3 Å². The minimum Gasteiger partial charge on any atom is -0.504 e. The van der Waals surface area contributed by atoms with Crippen LogP contribution >= 0.6 is 0 Å². The molecule has 0 saturated heterocycles. The monoisotopic (exact) mass is 305 g/mol. The zero-order valence-electron chi connectivity index (χ0n) is 12.0. The number of ether oxygens (including phenoxy) is 3. The maximum absolute atomic E-state index is 10.3. The van der Waals surface area contributed by atoms with Crippen LogP contribution in [0.15, 0.2) is 64.4 Å². The molecule has 5 heteroatoms. The minimum absolute atomic E-state index is 0.150. The van der Waals surface area contributed by atoms with Crippen molar-refractivity contribution in [2.45, 2.75) is 11.8 Å². The first-order valence-corrected chi connectivity index (χ1v) is 7.49. The lowest BCUT2D eigenvalue weighted by molar-refractivity contribution is 0.0103. The second-order valence-corrected chi connectivity index (χ2v) is 6.14. The molecule has 23 heavy (non-hydrogen) atoms. The van der Waals surface area contributed by atoms with Crippen LogP contribution in [0, 0.1) is 0 Å². The topological polar surface area (TPSA) is 60.3 Å². The van der Waals surface area contributed by atoms with Crippen molar-refractivity contribution in [3.8, 4) is 11.5 Å². The standard InChI is InChI=1S/C18H11NO4/c20-13-2-1-9-6-12-11-5-10-7-21-8-22-15(10)17-18(11,3-4-19-12)14(9)16(13)23-17/h1-5,7,20H,6,8H2. The quantitative estimate of drug-likeness (QED) is 0.800. The van der Waals surface area contributed by atoms with E-state index in [1.165, 1.54) is 0 Å². The molecule has 0 radical (unpaired) electrons. The third kappa shape index (κ3) is 1.13. The van der Waals surface area contributed by atoms with E-state index < -0.39 is 5.41 Å². The van der Waals surface area contributed by atoms with Crippen molar-refractivity contribution in [3.05, 3.63) is 70.5 Å². The van der Waals surface area contributed by atoms with Gasteiger partial charge in [-0.05, 0) is 29.4 Å². The molecule has 2 bridgehead atoms. The summed E-state index contributed by atoms with van der Waals surface area (Å²) in [7, 11) is 0. The third-order valence-electron chi connectivity index (χ3n) is 5.08. The van der Waals surface area contributed by atoms with Gasteiger partial charge in [0.2, 0.25) is 6.79 Å². The van der Waals surface area contributed by atoms with Gasteiger partial charge in [0, 0.05) is 23.9 Å². The zero-order chi connectivity index (χ0) is 15.2. The van der Waals surface area contributed by atoms with Crippen molar-refractivity contribution < 1.29 is 19.3 Å². The molecule has 1 aromatic carbocycles. The van der Waals surface area contributed by atoms with Crippen LogP contribution in [0.1, 0.15) is 11.1 Å². The van der Waals surface area contributed by atoms with Gasteiger partial charge in [-0.15, -0.1) is 0 Å². The second kappa shape index (κ2) is 3.51. The van der Waals surface area contributed by atoms with Crippen LogP contribution in [-0.4, -0.2) is 17.6 Å². The Hall–Kier alpha value is -2.95. The number of hydrogen-bond donors (Lipinski definition) is 1. The van der Waals surface area contributed by atoms with Crippen molar-refractivity contribution in [3.63, 3.8) is 0 Å². The van der Waals surface area contributed by atoms with Gasteiger partial charge in [-0.25, -0.2) is 0 Å². The summed E-state index contributed by atoms with van der Waals surface area (Å²) < 4.78 is 17.2.